The monoisotopic (exact) mass is 476 g/mol. The highest BCUT2D eigenvalue weighted by Crippen LogP contribution is 2.33. The Hall–Kier alpha value is -3.29. The van der Waals surface area contributed by atoms with E-state index in [1.807, 2.05) is 30.3 Å². The van der Waals surface area contributed by atoms with Crippen LogP contribution in [0.1, 0.15) is 18.2 Å². The molecule has 168 valence electrons. The Bertz CT molecular complexity index is 1330. The SMILES string of the molecule is CCCc1sc(NC(=O)CS(=O)(=O)c2ccccc2)nc1-c1ccc(-c2ccccc2)cc1. The highest BCUT2D eigenvalue weighted by atomic mass is 32.2. The number of benzene rings is 3. The first-order valence-electron chi connectivity index (χ1n) is 10.7. The van der Waals surface area contributed by atoms with Gasteiger partial charge in [0.25, 0.3) is 0 Å². The lowest BCUT2D eigenvalue weighted by Crippen LogP contribution is -2.22. The molecule has 0 aliphatic heterocycles. The normalized spacial score (nSPS) is 11.3. The first kappa shape index (κ1) is 22.9. The fourth-order valence-corrected chi connectivity index (χ4v) is 5.77. The maximum Gasteiger partial charge on any atom is 0.241 e. The summed E-state index contributed by atoms with van der Waals surface area (Å²) in [6.07, 6.45) is 1.76. The second-order valence-corrected chi connectivity index (χ2v) is 10.7. The minimum Gasteiger partial charge on any atom is -0.301 e. The number of aryl methyl sites for hydroxylation is 1. The van der Waals surface area contributed by atoms with Crippen LogP contribution in [0.4, 0.5) is 5.13 Å². The molecule has 0 radical (unpaired) electrons. The molecular weight excluding hydrogens is 452 g/mol. The second kappa shape index (κ2) is 10.1. The maximum atomic E-state index is 12.5. The maximum absolute atomic E-state index is 12.5. The van der Waals surface area contributed by atoms with E-state index in [1.165, 1.54) is 23.5 Å². The van der Waals surface area contributed by atoms with E-state index in [2.05, 4.69) is 41.5 Å². The van der Waals surface area contributed by atoms with E-state index >= 15 is 0 Å². The summed E-state index contributed by atoms with van der Waals surface area (Å²) in [7, 11) is -3.71. The molecule has 4 rings (SSSR count). The number of rotatable bonds is 8. The van der Waals surface area contributed by atoms with Gasteiger partial charge in [-0.1, -0.05) is 86.1 Å². The van der Waals surface area contributed by atoms with Crippen molar-refractivity contribution < 1.29 is 13.2 Å². The Labute approximate surface area is 198 Å². The Morgan fingerprint density at radius 1 is 0.848 bits per heavy atom. The van der Waals surface area contributed by atoms with Crippen molar-refractivity contribution in [3.8, 4) is 22.4 Å². The van der Waals surface area contributed by atoms with Gasteiger partial charge >= 0.3 is 0 Å². The lowest BCUT2D eigenvalue weighted by molar-refractivity contribution is -0.113. The highest BCUT2D eigenvalue weighted by Gasteiger charge is 2.21. The number of nitrogens with zero attached hydrogens (tertiary/aromatic N) is 1. The molecule has 0 fully saturated rings. The molecule has 1 amide bonds. The van der Waals surface area contributed by atoms with Crippen molar-refractivity contribution in [2.45, 2.75) is 24.7 Å². The molecular formula is C26H24N2O3S2. The fourth-order valence-electron chi connectivity index (χ4n) is 3.52. The van der Waals surface area contributed by atoms with Gasteiger partial charge in [0.1, 0.15) is 5.75 Å². The predicted molar refractivity (Wildman–Crippen MR) is 134 cm³/mol. The third kappa shape index (κ3) is 5.56. The zero-order chi connectivity index (χ0) is 23.3. The van der Waals surface area contributed by atoms with Gasteiger partial charge in [0, 0.05) is 10.4 Å². The summed E-state index contributed by atoms with van der Waals surface area (Å²) in [5.74, 6) is -1.22. The second-order valence-electron chi connectivity index (χ2n) is 7.60. The van der Waals surface area contributed by atoms with Gasteiger partial charge in [-0.2, -0.15) is 0 Å². The van der Waals surface area contributed by atoms with Crippen LogP contribution in [0.5, 0.6) is 0 Å². The van der Waals surface area contributed by atoms with Gasteiger partial charge < -0.3 is 5.32 Å². The smallest absolute Gasteiger partial charge is 0.241 e. The first-order chi connectivity index (χ1) is 16.0. The third-order valence-electron chi connectivity index (χ3n) is 5.11. The Kier molecular flexibility index (Phi) is 7.01. The van der Waals surface area contributed by atoms with Crippen LogP contribution in [-0.2, 0) is 21.1 Å². The number of anilines is 1. The number of hydrogen-bond acceptors (Lipinski definition) is 5. The minimum absolute atomic E-state index is 0.130. The van der Waals surface area contributed by atoms with Gasteiger partial charge in [0.15, 0.2) is 15.0 Å². The zero-order valence-corrected chi connectivity index (χ0v) is 19.8. The van der Waals surface area contributed by atoms with Crippen LogP contribution < -0.4 is 5.32 Å². The minimum atomic E-state index is -3.71. The van der Waals surface area contributed by atoms with Gasteiger partial charge in [-0.15, -0.1) is 11.3 Å². The van der Waals surface area contributed by atoms with Crippen LogP contribution in [0, 0.1) is 0 Å². The van der Waals surface area contributed by atoms with E-state index in [0.29, 0.717) is 5.13 Å². The summed E-state index contributed by atoms with van der Waals surface area (Å²) in [4.78, 5) is 18.3. The van der Waals surface area contributed by atoms with E-state index in [1.54, 1.807) is 18.2 Å². The Morgan fingerprint density at radius 2 is 1.42 bits per heavy atom. The zero-order valence-electron chi connectivity index (χ0n) is 18.2. The van der Waals surface area contributed by atoms with E-state index in [0.717, 1.165) is 40.1 Å². The van der Waals surface area contributed by atoms with Crippen molar-refractivity contribution >= 4 is 32.2 Å². The molecule has 0 saturated heterocycles. The van der Waals surface area contributed by atoms with Gasteiger partial charge in [-0.05, 0) is 29.7 Å². The molecule has 0 unspecified atom stereocenters. The van der Waals surface area contributed by atoms with Crippen molar-refractivity contribution in [1.82, 2.24) is 4.98 Å². The molecule has 1 N–H and O–H groups in total. The van der Waals surface area contributed by atoms with Crippen LogP contribution in [0.25, 0.3) is 22.4 Å². The molecule has 5 nitrogen and oxygen atoms in total. The standard InChI is InChI=1S/C26H24N2O3S2/c1-2-9-23-25(21-16-14-20(15-17-21)19-10-5-3-6-11-19)28-26(32-23)27-24(29)18-33(30,31)22-12-7-4-8-13-22/h3-8,10-17H,2,9,18H2,1H3,(H,27,28,29). The van der Waals surface area contributed by atoms with Gasteiger partial charge in [0.05, 0.1) is 10.6 Å². The van der Waals surface area contributed by atoms with Crippen molar-refractivity contribution in [2.24, 2.45) is 0 Å². The summed E-state index contributed by atoms with van der Waals surface area (Å²) in [5.41, 5.74) is 4.05. The molecule has 0 bridgehead atoms. The number of carbonyl (C=O) groups is 1. The van der Waals surface area contributed by atoms with Crippen LogP contribution in [0.15, 0.2) is 89.8 Å². The van der Waals surface area contributed by atoms with E-state index < -0.39 is 21.5 Å². The number of carbonyl (C=O) groups excluding carboxylic acids is 1. The molecule has 1 heterocycles. The van der Waals surface area contributed by atoms with E-state index in [9.17, 15) is 13.2 Å². The van der Waals surface area contributed by atoms with Gasteiger partial charge in [0.2, 0.25) is 5.91 Å². The van der Waals surface area contributed by atoms with Gasteiger partial charge in [-0.25, -0.2) is 13.4 Å². The number of sulfone groups is 1. The molecule has 7 heteroatoms. The summed E-state index contributed by atoms with van der Waals surface area (Å²) in [6, 6.07) is 26.3. The van der Waals surface area contributed by atoms with Gasteiger partial charge in [-0.3, -0.25) is 4.79 Å². The molecule has 1 aromatic heterocycles. The molecule has 3 aromatic carbocycles. The van der Waals surface area contributed by atoms with Crippen LogP contribution in [0.2, 0.25) is 0 Å². The van der Waals surface area contributed by atoms with Crippen LogP contribution in [0.3, 0.4) is 0 Å². The highest BCUT2D eigenvalue weighted by molar-refractivity contribution is 7.92. The summed E-state index contributed by atoms with van der Waals surface area (Å²) in [6.45, 7) is 2.09. The van der Waals surface area contributed by atoms with Crippen molar-refractivity contribution in [3.63, 3.8) is 0 Å². The molecule has 0 spiro atoms. The molecule has 0 saturated carbocycles. The van der Waals surface area contributed by atoms with E-state index in [-0.39, 0.29) is 4.90 Å². The lowest BCUT2D eigenvalue weighted by Gasteiger charge is -2.05. The lowest BCUT2D eigenvalue weighted by atomic mass is 10.0. The number of aromatic nitrogens is 1. The van der Waals surface area contributed by atoms with Crippen molar-refractivity contribution in [1.29, 1.82) is 0 Å². The van der Waals surface area contributed by atoms with Crippen LogP contribution in [-0.4, -0.2) is 25.1 Å². The Balaban J connectivity index is 1.54. The average Bonchev–Trinajstić information content (AvgIpc) is 3.22. The Morgan fingerprint density at radius 3 is 2.06 bits per heavy atom. The number of thiazole rings is 1. The largest absolute Gasteiger partial charge is 0.301 e. The summed E-state index contributed by atoms with van der Waals surface area (Å²) < 4.78 is 25.0. The third-order valence-corrected chi connectivity index (χ3v) is 7.77. The summed E-state index contributed by atoms with van der Waals surface area (Å²) in [5, 5.41) is 3.09. The van der Waals surface area contributed by atoms with Crippen molar-refractivity contribution in [2.75, 3.05) is 11.1 Å². The molecule has 0 atom stereocenters. The topological polar surface area (TPSA) is 76.1 Å². The number of nitrogens with one attached hydrogen (secondary N) is 1. The number of hydrogen-bond donors (Lipinski definition) is 1. The van der Waals surface area contributed by atoms with Crippen molar-refractivity contribution in [3.05, 3.63) is 89.8 Å². The molecule has 4 aromatic rings. The first-order valence-corrected chi connectivity index (χ1v) is 13.2. The quantitative estimate of drug-likeness (QED) is 0.346. The summed E-state index contributed by atoms with van der Waals surface area (Å²) >= 11 is 1.39. The molecule has 33 heavy (non-hydrogen) atoms. The average molecular weight is 477 g/mol. The molecule has 0 aliphatic carbocycles. The predicted octanol–water partition coefficient (Wildman–Crippen LogP) is 5.84. The number of amides is 1. The van der Waals surface area contributed by atoms with Crippen LogP contribution >= 0.6 is 11.3 Å². The molecule has 0 aliphatic rings. The fraction of sp³-hybridized carbons (Fsp3) is 0.154. The van der Waals surface area contributed by atoms with E-state index in [4.69, 9.17) is 0 Å².